The van der Waals surface area contributed by atoms with Crippen LogP contribution in [0.2, 0.25) is 0 Å². The van der Waals surface area contributed by atoms with Gasteiger partial charge in [0.15, 0.2) is 30.4 Å². The van der Waals surface area contributed by atoms with E-state index >= 15 is 0 Å². The summed E-state index contributed by atoms with van der Waals surface area (Å²) in [4.78, 5) is 0. The Morgan fingerprint density at radius 1 is 0.714 bits per heavy atom. The molecule has 5 fully saturated rings. The topological polar surface area (TPSA) is 92.3 Å². The molecular formula is C32H40O10. The zero-order valence-electron chi connectivity index (χ0n) is 24.5. The van der Waals surface area contributed by atoms with Gasteiger partial charge in [-0.3, -0.25) is 0 Å². The minimum absolute atomic E-state index is 0.218. The average Bonchev–Trinajstić information content (AvgIpc) is 3.49. The molecule has 5 saturated heterocycles. The van der Waals surface area contributed by atoms with Crippen LogP contribution in [0.3, 0.4) is 0 Å². The van der Waals surface area contributed by atoms with Gasteiger partial charge < -0.3 is 47.4 Å². The molecule has 10 heteroatoms. The monoisotopic (exact) mass is 584 g/mol. The summed E-state index contributed by atoms with van der Waals surface area (Å²) >= 11 is 0. The fourth-order valence-electron chi connectivity index (χ4n) is 6.43. The molecule has 0 bridgehead atoms. The van der Waals surface area contributed by atoms with Crippen LogP contribution in [0.5, 0.6) is 0 Å². The fraction of sp³-hybridized carbons (Fsp3) is 0.625. The Bertz CT molecular complexity index is 1190. The molecule has 0 radical (unpaired) electrons. The molecule has 5 heterocycles. The van der Waals surface area contributed by atoms with Crippen molar-refractivity contribution in [1.82, 2.24) is 0 Å². The predicted molar refractivity (Wildman–Crippen MR) is 147 cm³/mol. The van der Waals surface area contributed by atoms with E-state index < -0.39 is 36.5 Å². The van der Waals surface area contributed by atoms with E-state index in [1.54, 1.807) is 0 Å². The summed E-state index contributed by atoms with van der Waals surface area (Å²) in [5.41, 5.74) is 2.05. The van der Waals surface area contributed by atoms with Crippen LogP contribution >= 0.6 is 0 Å². The molecule has 228 valence electrons. The van der Waals surface area contributed by atoms with Crippen LogP contribution in [0.15, 0.2) is 60.7 Å². The minimum Gasteiger partial charge on any atom is -0.371 e. The Morgan fingerprint density at radius 3 is 2.19 bits per heavy atom. The van der Waals surface area contributed by atoms with Crippen LogP contribution < -0.4 is 0 Å². The lowest BCUT2D eigenvalue weighted by Crippen LogP contribution is -2.58. The molecule has 2 aromatic rings. The highest BCUT2D eigenvalue weighted by atomic mass is 16.9. The summed E-state index contributed by atoms with van der Waals surface area (Å²) in [5.74, 6) is -1.56. The Kier molecular flexibility index (Phi) is 7.89. The van der Waals surface area contributed by atoms with Crippen molar-refractivity contribution in [2.45, 2.75) is 114 Å². The van der Waals surface area contributed by atoms with Gasteiger partial charge in [-0.15, -0.1) is 0 Å². The summed E-state index contributed by atoms with van der Waals surface area (Å²) in [7, 11) is 0. The number of hydrogen-bond donors (Lipinski definition) is 0. The standard InChI is InChI=1S/C32H40O10/c1-31(2)39-26-23(37-30-28(27(26)40-31)41-32(3,4)42-30)17-34-24-15-21(33-16-19-11-7-5-8-12-19)25-22(36-24)18-35-29(38-25)20-13-9-6-10-14-20/h5-14,21-30H,15-18H2,1-4H3/t21-,22-,23-,24+,25-,26+,27+,28-,29?,30-/m1/s1. The van der Waals surface area contributed by atoms with Crippen molar-refractivity contribution in [2.75, 3.05) is 13.2 Å². The highest BCUT2D eigenvalue weighted by Crippen LogP contribution is 2.44. The normalized spacial score (nSPS) is 40.2. The molecule has 0 spiro atoms. The third kappa shape index (κ3) is 6.03. The largest absolute Gasteiger partial charge is 0.371 e. The van der Waals surface area contributed by atoms with Gasteiger partial charge in [-0.25, -0.2) is 0 Å². The van der Waals surface area contributed by atoms with Crippen molar-refractivity contribution in [3.05, 3.63) is 71.8 Å². The lowest BCUT2D eigenvalue weighted by Gasteiger charge is -2.46. The van der Waals surface area contributed by atoms with E-state index in [1.807, 2.05) is 88.4 Å². The molecule has 1 unspecified atom stereocenters. The van der Waals surface area contributed by atoms with Crippen LogP contribution in [0.4, 0.5) is 0 Å². The van der Waals surface area contributed by atoms with E-state index in [2.05, 4.69) is 0 Å². The number of fused-ring (bicyclic) bond motifs is 4. The van der Waals surface area contributed by atoms with Crippen LogP contribution in [0.25, 0.3) is 0 Å². The summed E-state index contributed by atoms with van der Waals surface area (Å²) in [6.07, 6.45) is -3.65. The third-order valence-corrected chi connectivity index (χ3v) is 8.25. The molecule has 10 atom stereocenters. The summed E-state index contributed by atoms with van der Waals surface area (Å²) in [6, 6.07) is 20.0. The quantitative estimate of drug-likeness (QED) is 0.471. The van der Waals surface area contributed by atoms with Crippen molar-refractivity contribution in [2.24, 2.45) is 0 Å². The highest BCUT2D eigenvalue weighted by molar-refractivity contribution is 5.17. The number of hydrogen-bond acceptors (Lipinski definition) is 10. The van der Waals surface area contributed by atoms with E-state index in [4.69, 9.17) is 47.4 Å². The summed E-state index contributed by atoms with van der Waals surface area (Å²) in [6.45, 7) is 8.55. The van der Waals surface area contributed by atoms with Gasteiger partial charge >= 0.3 is 0 Å². The third-order valence-electron chi connectivity index (χ3n) is 8.25. The zero-order valence-corrected chi connectivity index (χ0v) is 24.5. The van der Waals surface area contributed by atoms with Crippen LogP contribution in [-0.4, -0.2) is 80.1 Å². The number of rotatable bonds is 7. The summed E-state index contributed by atoms with van der Waals surface area (Å²) < 4.78 is 62.8. The fourth-order valence-corrected chi connectivity index (χ4v) is 6.43. The van der Waals surface area contributed by atoms with Crippen molar-refractivity contribution in [1.29, 1.82) is 0 Å². The maximum atomic E-state index is 6.47. The second kappa shape index (κ2) is 11.5. The SMILES string of the molecule is CC1(C)O[C@H]2[C@@H](O1)[C@@H](CO[C@@H]1C[C@@H](OCc3ccccc3)[C@H]3OC(c4ccccc4)OC[C@H]3O1)O[C@@H]1OC(C)(C)O[C@@H]12. The van der Waals surface area contributed by atoms with Crippen molar-refractivity contribution >= 4 is 0 Å². The number of ether oxygens (including phenoxy) is 10. The Balaban J connectivity index is 1.04. The molecule has 5 aliphatic heterocycles. The van der Waals surface area contributed by atoms with Gasteiger partial charge in [0, 0.05) is 12.0 Å². The van der Waals surface area contributed by atoms with Gasteiger partial charge in [-0.05, 0) is 33.3 Å². The van der Waals surface area contributed by atoms with E-state index in [9.17, 15) is 0 Å². The van der Waals surface area contributed by atoms with Gasteiger partial charge in [0.05, 0.1) is 25.9 Å². The Labute approximate surface area is 246 Å². The molecule has 5 aliphatic rings. The first-order chi connectivity index (χ1) is 20.2. The maximum Gasteiger partial charge on any atom is 0.190 e. The van der Waals surface area contributed by atoms with Gasteiger partial charge in [-0.2, -0.15) is 0 Å². The van der Waals surface area contributed by atoms with Gasteiger partial charge in [0.25, 0.3) is 0 Å². The first kappa shape index (κ1) is 28.8. The molecule has 0 amide bonds. The van der Waals surface area contributed by atoms with Gasteiger partial charge in [-0.1, -0.05) is 60.7 Å². The first-order valence-corrected chi connectivity index (χ1v) is 14.8. The molecule has 2 aromatic carbocycles. The predicted octanol–water partition coefficient (Wildman–Crippen LogP) is 4.21. The second-order valence-electron chi connectivity index (χ2n) is 12.4. The van der Waals surface area contributed by atoms with Crippen LogP contribution in [-0.2, 0) is 54.0 Å². The second-order valence-corrected chi connectivity index (χ2v) is 12.4. The van der Waals surface area contributed by atoms with E-state index in [1.165, 1.54) is 0 Å². The zero-order chi connectivity index (χ0) is 28.9. The van der Waals surface area contributed by atoms with Gasteiger partial charge in [0.2, 0.25) is 0 Å². The van der Waals surface area contributed by atoms with E-state index in [0.29, 0.717) is 19.6 Å². The number of benzene rings is 2. The smallest absolute Gasteiger partial charge is 0.190 e. The van der Waals surface area contributed by atoms with E-state index in [-0.39, 0.29) is 43.2 Å². The first-order valence-electron chi connectivity index (χ1n) is 14.8. The molecule has 7 rings (SSSR count). The molecule has 10 nitrogen and oxygen atoms in total. The Morgan fingerprint density at radius 2 is 1.40 bits per heavy atom. The van der Waals surface area contributed by atoms with Crippen LogP contribution in [0, 0.1) is 0 Å². The molecule has 0 aliphatic carbocycles. The molecule has 0 saturated carbocycles. The molecular weight excluding hydrogens is 544 g/mol. The van der Waals surface area contributed by atoms with Crippen molar-refractivity contribution < 1.29 is 47.4 Å². The molecule has 0 aromatic heterocycles. The van der Waals surface area contributed by atoms with E-state index in [0.717, 1.165) is 11.1 Å². The lowest BCUT2D eigenvalue weighted by molar-refractivity contribution is -0.347. The van der Waals surface area contributed by atoms with Crippen molar-refractivity contribution in [3.8, 4) is 0 Å². The molecule has 42 heavy (non-hydrogen) atoms. The molecule has 0 N–H and O–H groups in total. The lowest BCUT2D eigenvalue weighted by atomic mass is 9.98. The summed E-state index contributed by atoms with van der Waals surface area (Å²) in [5, 5.41) is 0. The minimum atomic E-state index is -0.783. The van der Waals surface area contributed by atoms with Gasteiger partial charge in [0.1, 0.15) is 36.6 Å². The van der Waals surface area contributed by atoms with Crippen molar-refractivity contribution in [3.63, 3.8) is 0 Å². The highest BCUT2D eigenvalue weighted by Gasteiger charge is 2.61. The average molecular weight is 585 g/mol. The van der Waals surface area contributed by atoms with Crippen LogP contribution in [0.1, 0.15) is 51.5 Å². The Hall–Kier alpha value is -1.96. The maximum absolute atomic E-state index is 6.47.